The van der Waals surface area contributed by atoms with Crippen molar-refractivity contribution in [2.45, 2.75) is 43.0 Å². The third-order valence-electron chi connectivity index (χ3n) is 4.72. The first kappa shape index (κ1) is 23.1. The monoisotopic (exact) mass is 466 g/mol. The average Bonchev–Trinajstić information content (AvgIpc) is 3.22. The van der Waals surface area contributed by atoms with Gasteiger partial charge in [0.05, 0.1) is 4.90 Å². The summed E-state index contributed by atoms with van der Waals surface area (Å²) in [5.41, 5.74) is 0. The number of sulfonamides is 1. The minimum atomic E-state index is -4.61. The van der Waals surface area contributed by atoms with Gasteiger partial charge in [-0.1, -0.05) is 0 Å². The Balaban J connectivity index is 1.69. The van der Waals surface area contributed by atoms with Crippen LogP contribution in [0, 0.1) is 0 Å². The third-order valence-corrected chi connectivity index (χ3v) is 6.63. The molecule has 0 spiro atoms. The van der Waals surface area contributed by atoms with Crippen LogP contribution in [-0.2, 0) is 24.3 Å². The van der Waals surface area contributed by atoms with E-state index in [1.54, 1.807) is 5.32 Å². The molecular weight excluding hydrogens is 445 g/mol. The van der Waals surface area contributed by atoms with Crippen LogP contribution >= 0.6 is 0 Å². The molecule has 1 N–H and O–H groups in total. The lowest BCUT2D eigenvalue weighted by Crippen LogP contribution is -2.45. The van der Waals surface area contributed by atoms with Gasteiger partial charge in [0, 0.05) is 12.6 Å². The summed E-state index contributed by atoms with van der Waals surface area (Å²) in [6.07, 6.45) is -5.61. The third kappa shape index (κ3) is 5.39. The molecule has 1 aromatic carbocycles. The van der Waals surface area contributed by atoms with Crippen molar-refractivity contribution >= 4 is 21.9 Å². The molecule has 9 nitrogen and oxygen atoms in total. The van der Waals surface area contributed by atoms with Gasteiger partial charge in [0.2, 0.25) is 10.0 Å². The standard InChI is InChI=1S/C18H21F3N2O7S/c1-11(16(24)22-10-18(19,20)21)30-17(25)13-3-2-6-23(13)31(26,27)12-4-5-14-15(9-12)29-8-7-28-14/h4-5,9,11,13H,2-3,6-8,10H2,1H3,(H,22,24)/t11-,13-/m0/s1. The Morgan fingerprint density at radius 1 is 1.26 bits per heavy atom. The van der Waals surface area contributed by atoms with Gasteiger partial charge in [-0.15, -0.1) is 0 Å². The van der Waals surface area contributed by atoms with E-state index in [0.717, 1.165) is 11.2 Å². The van der Waals surface area contributed by atoms with E-state index in [4.69, 9.17) is 14.2 Å². The van der Waals surface area contributed by atoms with Crippen molar-refractivity contribution in [2.24, 2.45) is 0 Å². The van der Waals surface area contributed by atoms with Crippen molar-refractivity contribution in [3.63, 3.8) is 0 Å². The van der Waals surface area contributed by atoms with E-state index in [9.17, 15) is 31.2 Å². The number of nitrogens with zero attached hydrogens (tertiary/aromatic N) is 1. The van der Waals surface area contributed by atoms with Crippen LogP contribution in [0.1, 0.15) is 19.8 Å². The number of rotatable bonds is 6. The van der Waals surface area contributed by atoms with Crippen LogP contribution in [0.2, 0.25) is 0 Å². The first-order valence-electron chi connectivity index (χ1n) is 9.45. The fourth-order valence-corrected chi connectivity index (χ4v) is 4.88. The predicted molar refractivity (Wildman–Crippen MR) is 99.0 cm³/mol. The highest BCUT2D eigenvalue weighted by atomic mass is 32.2. The normalized spacial score (nSPS) is 20.2. The number of esters is 1. The number of amides is 1. The fraction of sp³-hybridized carbons (Fsp3) is 0.556. The maximum Gasteiger partial charge on any atom is 0.405 e. The minimum Gasteiger partial charge on any atom is -0.486 e. The molecule has 0 radical (unpaired) electrons. The molecule has 1 amide bonds. The average molecular weight is 466 g/mol. The van der Waals surface area contributed by atoms with Gasteiger partial charge in [0.1, 0.15) is 25.8 Å². The second-order valence-electron chi connectivity index (χ2n) is 6.99. The van der Waals surface area contributed by atoms with Crippen molar-refractivity contribution in [1.82, 2.24) is 9.62 Å². The number of halogens is 3. The molecule has 1 aromatic rings. The minimum absolute atomic E-state index is 0.0468. The number of hydrogen-bond acceptors (Lipinski definition) is 7. The van der Waals surface area contributed by atoms with Crippen LogP contribution in [0.4, 0.5) is 13.2 Å². The van der Waals surface area contributed by atoms with Gasteiger partial charge < -0.3 is 19.5 Å². The van der Waals surface area contributed by atoms with Gasteiger partial charge in [-0.25, -0.2) is 8.42 Å². The summed E-state index contributed by atoms with van der Waals surface area (Å²) in [6, 6.07) is 2.89. The summed E-state index contributed by atoms with van der Waals surface area (Å²) in [7, 11) is -4.10. The molecule has 0 bridgehead atoms. The molecule has 2 atom stereocenters. The Morgan fingerprint density at radius 2 is 1.94 bits per heavy atom. The highest BCUT2D eigenvalue weighted by molar-refractivity contribution is 7.89. The molecule has 13 heteroatoms. The number of carbonyl (C=O) groups excluding carboxylic acids is 2. The van der Waals surface area contributed by atoms with Gasteiger partial charge in [-0.05, 0) is 31.9 Å². The molecule has 172 valence electrons. The molecular formula is C18H21F3N2O7S. The zero-order valence-electron chi connectivity index (χ0n) is 16.5. The summed E-state index contributed by atoms with van der Waals surface area (Å²) >= 11 is 0. The number of alkyl halides is 3. The van der Waals surface area contributed by atoms with E-state index in [-0.39, 0.29) is 30.2 Å². The van der Waals surface area contributed by atoms with Gasteiger partial charge >= 0.3 is 12.1 Å². The van der Waals surface area contributed by atoms with E-state index in [2.05, 4.69) is 0 Å². The van der Waals surface area contributed by atoms with Crippen LogP contribution in [0.3, 0.4) is 0 Å². The van der Waals surface area contributed by atoms with Gasteiger partial charge in [0.15, 0.2) is 17.6 Å². The zero-order valence-corrected chi connectivity index (χ0v) is 17.3. The summed E-state index contributed by atoms with van der Waals surface area (Å²) < 4.78 is 79.5. The Hall–Kier alpha value is -2.54. The summed E-state index contributed by atoms with van der Waals surface area (Å²) in [5.74, 6) is -1.47. The smallest absolute Gasteiger partial charge is 0.405 e. The van der Waals surface area contributed by atoms with Crippen LogP contribution in [0.5, 0.6) is 11.5 Å². The number of hydrogen-bond donors (Lipinski definition) is 1. The highest BCUT2D eigenvalue weighted by Gasteiger charge is 2.42. The van der Waals surface area contributed by atoms with Gasteiger partial charge in [-0.3, -0.25) is 9.59 Å². The fourth-order valence-electron chi connectivity index (χ4n) is 3.22. The summed E-state index contributed by atoms with van der Waals surface area (Å²) in [6.45, 7) is 0.197. The first-order chi connectivity index (χ1) is 14.5. The molecule has 0 aliphatic carbocycles. The summed E-state index contributed by atoms with van der Waals surface area (Å²) in [4.78, 5) is 24.1. The quantitative estimate of drug-likeness (QED) is 0.628. The molecule has 0 unspecified atom stereocenters. The van der Waals surface area contributed by atoms with Crippen LogP contribution in [0.25, 0.3) is 0 Å². The van der Waals surface area contributed by atoms with Gasteiger partial charge in [-0.2, -0.15) is 17.5 Å². The van der Waals surface area contributed by atoms with Crippen LogP contribution in [0.15, 0.2) is 23.1 Å². The molecule has 1 fully saturated rings. The predicted octanol–water partition coefficient (Wildman–Crippen LogP) is 1.22. The summed E-state index contributed by atoms with van der Waals surface area (Å²) in [5, 5.41) is 1.62. The number of benzene rings is 1. The molecule has 2 aliphatic rings. The van der Waals surface area contributed by atoms with E-state index in [1.807, 2.05) is 0 Å². The second-order valence-corrected chi connectivity index (χ2v) is 8.88. The van der Waals surface area contributed by atoms with E-state index < -0.39 is 46.8 Å². The maximum absolute atomic E-state index is 13.1. The van der Waals surface area contributed by atoms with Gasteiger partial charge in [0.25, 0.3) is 5.91 Å². The number of nitrogens with one attached hydrogen (secondary N) is 1. The van der Waals surface area contributed by atoms with Crippen molar-refractivity contribution in [2.75, 3.05) is 26.3 Å². The lowest BCUT2D eigenvalue weighted by atomic mass is 10.2. The Kier molecular flexibility index (Phi) is 6.65. The zero-order chi connectivity index (χ0) is 22.8. The highest BCUT2D eigenvalue weighted by Crippen LogP contribution is 2.35. The Morgan fingerprint density at radius 3 is 2.61 bits per heavy atom. The molecule has 2 heterocycles. The number of fused-ring (bicyclic) bond motifs is 1. The number of carbonyl (C=O) groups is 2. The van der Waals surface area contributed by atoms with Crippen LogP contribution in [-0.4, -0.2) is 69.2 Å². The molecule has 3 rings (SSSR count). The lowest BCUT2D eigenvalue weighted by Gasteiger charge is -2.25. The molecule has 0 aromatic heterocycles. The second kappa shape index (κ2) is 8.91. The maximum atomic E-state index is 13.1. The van der Waals surface area contributed by atoms with Crippen molar-refractivity contribution in [3.8, 4) is 11.5 Å². The Labute approximate surface area is 176 Å². The number of ether oxygens (including phenoxy) is 3. The lowest BCUT2D eigenvalue weighted by molar-refractivity contribution is -0.160. The topological polar surface area (TPSA) is 111 Å². The molecule has 31 heavy (non-hydrogen) atoms. The molecule has 0 saturated carbocycles. The van der Waals surface area contributed by atoms with E-state index in [1.165, 1.54) is 18.2 Å². The van der Waals surface area contributed by atoms with E-state index >= 15 is 0 Å². The SMILES string of the molecule is C[C@H](OC(=O)[C@@H]1CCCN1S(=O)(=O)c1ccc2c(c1)OCCO2)C(=O)NCC(F)(F)F. The molecule has 2 aliphatic heterocycles. The first-order valence-corrected chi connectivity index (χ1v) is 10.9. The molecule has 1 saturated heterocycles. The van der Waals surface area contributed by atoms with Crippen molar-refractivity contribution in [3.05, 3.63) is 18.2 Å². The Bertz CT molecular complexity index is 952. The van der Waals surface area contributed by atoms with Crippen molar-refractivity contribution < 1.29 is 45.4 Å². The largest absolute Gasteiger partial charge is 0.486 e. The van der Waals surface area contributed by atoms with Crippen LogP contribution < -0.4 is 14.8 Å². The van der Waals surface area contributed by atoms with Crippen molar-refractivity contribution in [1.29, 1.82) is 0 Å². The van der Waals surface area contributed by atoms with E-state index in [0.29, 0.717) is 18.8 Å².